The van der Waals surface area contributed by atoms with Crippen molar-refractivity contribution in [2.24, 2.45) is 4.99 Å². The van der Waals surface area contributed by atoms with Crippen LogP contribution >= 0.6 is 0 Å². The Hall–Kier alpha value is -1.93. The Bertz CT molecular complexity index is 536. The van der Waals surface area contributed by atoms with E-state index in [-0.39, 0.29) is 0 Å². The van der Waals surface area contributed by atoms with Crippen LogP contribution in [0.5, 0.6) is 0 Å². The molecule has 76 valence electrons. The van der Waals surface area contributed by atoms with Crippen molar-refractivity contribution >= 4 is 17.1 Å². The minimum atomic E-state index is -0.541. The molecule has 0 spiro atoms. The molecule has 2 aromatic rings. The quantitative estimate of drug-likeness (QED) is 0.597. The molecule has 0 aliphatic heterocycles. The monoisotopic (exact) mass is 201 g/mol. The van der Waals surface area contributed by atoms with Gasteiger partial charge in [0.25, 0.3) is 0 Å². The molecule has 0 bridgehead atoms. The molecular weight excluding hydrogens is 190 g/mol. The van der Waals surface area contributed by atoms with Crippen LogP contribution in [-0.4, -0.2) is 16.0 Å². The Morgan fingerprint density at radius 3 is 3.00 bits per heavy atom. The second-order valence-corrected chi connectivity index (χ2v) is 3.90. The number of rotatable bonds is 2. The average molecular weight is 201 g/mol. The molecule has 0 saturated heterocycles. The third-order valence-electron chi connectivity index (χ3n) is 2.45. The van der Waals surface area contributed by atoms with Gasteiger partial charge in [0.1, 0.15) is 0 Å². The molecule has 1 heterocycles. The Labute approximate surface area is 87.1 Å². The number of aromatic amines is 1. The van der Waals surface area contributed by atoms with Gasteiger partial charge in [0.2, 0.25) is 6.08 Å². The molecule has 15 heavy (non-hydrogen) atoms. The molecule has 1 aromatic heterocycles. The summed E-state index contributed by atoms with van der Waals surface area (Å²) in [6, 6.07) is 5.77. The smallest absolute Gasteiger partial charge is 0.235 e. The lowest BCUT2D eigenvalue weighted by atomic mass is 9.95. The van der Waals surface area contributed by atoms with Gasteiger partial charge < -0.3 is 4.98 Å². The van der Waals surface area contributed by atoms with Crippen LogP contribution in [0.25, 0.3) is 11.0 Å². The van der Waals surface area contributed by atoms with Crippen LogP contribution in [0.15, 0.2) is 29.5 Å². The van der Waals surface area contributed by atoms with Crippen LogP contribution < -0.4 is 0 Å². The van der Waals surface area contributed by atoms with Crippen LogP contribution in [0, 0.1) is 0 Å². The minimum absolute atomic E-state index is 0.541. The van der Waals surface area contributed by atoms with E-state index in [1.807, 2.05) is 32.0 Å². The molecule has 2 rings (SSSR count). The fourth-order valence-electron chi connectivity index (χ4n) is 1.49. The number of hydrogen-bond acceptors (Lipinski definition) is 3. The highest BCUT2D eigenvalue weighted by Crippen LogP contribution is 2.26. The summed E-state index contributed by atoms with van der Waals surface area (Å²) in [5.41, 5.74) is 2.27. The van der Waals surface area contributed by atoms with E-state index in [9.17, 15) is 4.79 Å². The molecule has 1 aromatic carbocycles. The zero-order chi connectivity index (χ0) is 10.9. The van der Waals surface area contributed by atoms with Crippen molar-refractivity contribution in [3.8, 4) is 0 Å². The van der Waals surface area contributed by atoms with Crippen molar-refractivity contribution in [3.63, 3.8) is 0 Å². The maximum Gasteiger partial charge on any atom is 0.235 e. The number of benzene rings is 1. The zero-order valence-corrected chi connectivity index (χ0v) is 8.61. The summed E-state index contributed by atoms with van der Waals surface area (Å²) in [4.78, 5) is 21.2. The van der Waals surface area contributed by atoms with Gasteiger partial charge in [0, 0.05) is 0 Å². The first-order chi connectivity index (χ1) is 7.13. The van der Waals surface area contributed by atoms with Crippen molar-refractivity contribution in [2.45, 2.75) is 19.4 Å². The Balaban J connectivity index is 2.56. The van der Waals surface area contributed by atoms with E-state index >= 15 is 0 Å². The molecule has 4 nitrogen and oxygen atoms in total. The third-order valence-corrected chi connectivity index (χ3v) is 2.45. The highest BCUT2D eigenvalue weighted by atomic mass is 16.1. The summed E-state index contributed by atoms with van der Waals surface area (Å²) in [5.74, 6) is 0. The van der Waals surface area contributed by atoms with E-state index in [1.54, 1.807) is 12.4 Å². The maximum absolute atomic E-state index is 10.3. The molecule has 0 unspecified atom stereocenters. The van der Waals surface area contributed by atoms with E-state index in [2.05, 4.69) is 15.0 Å². The molecule has 0 atom stereocenters. The summed E-state index contributed by atoms with van der Waals surface area (Å²) in [5, 5.41) is 0. The number of isocyanates is 1. The van der Waals surface area contributed by atoms with Gasteiger partial charge in [-0.1, -0.05) is 6.07 Å². The molecule has 4 heteroatoms. The molecule has 0 aliphatic carbocycles. The summed E-state index contributed by atoms with van der Waals surface area (Å²) in [6.45, 7) is 3.74. The topological polar surface area (TPSA) is 58.1 Å². The number of hydrogen-bond donors (Lipinski definition) is 1. The van der Waals surface area contributed by atoms with Crippen LogP contribution in [0.3, 0.4) is 0 Å². The van der Waals surface area contributed by atoms with Crippen LogP contribution in [-0.2, 0) is 10.3 Å². The predicted octanol–water partition coefficient (Wildman–Crippen LogP) is 2.13. The van der Waals surface area contributed by atoms with Crippen LogP contribution in [0.2, 0.25) is 0 Å². The Kier molecular flexibility index (Phi) is 2.14. The van der Waals surface area contributed by atoms with Crippen molar-refractivity contribution in [3.05, 3.63) is 30.1 Å². The number of H-pyrrole nitrogens is 1. The molecule has 0 aliphatic rings. The van der Waals surface area contributed by atoms with E-state index in [4.69, 9.17) is 0 Å². The largest absolute Gasteiger partial charge is 0.345 e. The first-order valence-electron chi connectivity index (χ1n) is 4.66. The minimum Gasteiger partial charge on any atom is -0.345 e. The zero-order valence-electron chi connectivity index (χ0n) is 8.61. The molecule has 0 radical (unpaired) electrons. The van der Waals surface area contributed by atoms with Gasteiger partial charge in [-0.25, -0.2) is 9.78 Å². The number of aliphatic imine (C=N–C) groups is 1. The van der Waals surface area contributed by atoms with Gasteiger partial charge in [0.15, 0.2) is 0 Å². The normalized spacial score (nSPS) is 11.3. The van der Waals surface area contributed by atoms with Crippen molar-refractivity contribution in [2.75, 3.05) is 0 Å². The number of imidazole rings is 1. The standard InChI is InChI=1S/C11H11N3O/c1-11(2,14-7-15)8-3-4-9-10(5-8)13-6-12-9/h3-6H,1-2H3,(H,12,13). The van der Waals surface area contributed by atoms with E-state index < -0.39 is 5.54 Å². The highest BCUT2D eigenvalue weighted by Gasteiger charge is 2.19. The van der Waals surface area contributed by atoms with Gasteiger partial charge in [-0.15, -0.1) is 0 Å². The van der Waals surface area contributed by atoms with Gasteiger partial charge >= 0.3 is 0 Å². The fraction of sp³-hybridized carbons (Fsp3) is 0.273. The van der Waals surface area contributed by atoms with Crippen LogP contribution in [0.4, 0.5) is 0 Å². The summed E-state index contributed by atoms with van der Waals surface area (Å²) >= 11 is 0. The summed E-state index contributed by atoms with van der Waals surface area (Å²) < 4.78 is 0. The van der Waals surface area contributed by atoms with Crippen molar-refractivity contribution in [1.29, 1.82) is 0 Å². The molecule has 0 saturated carbocycles. The molecular formula is C11H11N3O. The first-order valence-corrected chi connectivity index (χ1v) is 4.66. The lowest BCUT2D eigenvalue weighted by Gasteiger charge is -2.17. The molecule has 0 fully saturated rings. The summed E-state index contributed by atoms with van der Waals surface area (Å²) in [6.07, 6.45) is 3.24. The average Bonchev–Trinajstić information content (AvgIpc) is 2.63. The molecule has 1 N–H and O–H groups in total. The van der Waals surface area contributed by atoms with E-state index in [0.29, 0.717) is 0 Å². The SMILES string of the molecule is CC(C)(N=C=O)c1ccc2nc[nH]c2c1. The van der Waals surface area contributed by atoms with E-state index in [0.717, 1.165) is 16.6 Å². The number of fused-ring (bicyclic) bond motifs is 1. The predicted molar refractivity (Wildman–Crippen MR) is 57.2 cm³/mol. The lowest BCUT2D eigenvalue weighted by Crippen LogP contribution is -2.13. The molecule has 0 amide bonds. The van der Waals surface area contributed by atoms with Gasteiger partial charge in [-0.3, -0.25) is 0 Å². The van der Waals surface area contributed by atoms with E-state index in [1.165, 1.54) is 0 Å². The lowest BCUT2D eigenvalue weighted by molar-refractivity contribution is 0.523. The van der Waals surface area contributed by atoms with Crippen molar-refractivity contribution < 1.29 is 4.79 Å². The van der Waals surface area contributed by atoms with Gasteiger partial charge in [-0.05, 0) is 31.5 Å². The highest BCUT2D eigenvalue weighted by molar-refractivity contribution is 5.75. The second kappa shape index (κ2) is 3.33. The number of aromatic nitrogens is 2. The number of carbonyl (C=O) groups excluding carboxylic acids is 1. The first kappa shape index (κ1) is 9.62. The number of nitrogens with zero attached hydrogens (tertiary/aromatic N) is 2. The van der Waals surface area contributed by atoms with Crippen molar-refractivity contribution in [1.82, 2.24) is 9.97 Å². The maximum atomic E-state index is 10.3. The third kappa shape index (κ3) is 1.67. The summed E-state index contributed by atoms with van der Waals surface area (Å²) in [7, 11) is 0. The Morgan fingerprint density at radius 2 is 2.27 bits per heavy atom. The Morgan fingerprint density at radius 1 is 1.47 bits per heavy atom. The fourth-order valence-corrected chi connectivity index (χ4v) is 1.49. The van der Waals surface area contributed by atoms with Gasteiger partial charge in [0.05, 0.1) is 22.9 Å². The second-order valence-electron chi connectivity index (χ2n) is 3.90. The van der Waals surface area contributed by atoms with Crippen LogP contribution in [0.1, 0.15) is 19.4 Å². The van der Waals surface area contributed by atoms with Gasteiger partial charge in [-0.2, -0.15) is 4.99 Å². The number of nitrogens with one attached hydrogen (secondary N) is 1.